The lowest BCUT2D eigenvalue weighted by atomic mass is 10.1. The topological polar surface area (TPSA) is 59.6 Å². The quantitative estimate of drug-likeness (QED) is 0.768. The van der Waals surface area contributed by atoms with Crippen LogP contribution >= 0.6 is 0 Å². The molecule has 0 heterocycles. The van der Waals surface area contributed by atoms with E-state index in [1.807, 2.05) is 19.9 Å². The van der Waals surface area contributed by atoms with Gasteiger partial charge in [-0.1, -0.05) is 6.07 Å². The number of amides is 2. The lowest BCUT2D eigenvalue weighted by Crippen LogP contribution is -2.41. The summed E-state index contributed by atoms with van der Waals surface area (Å²) < 4.78 is 46.8. The molecule has 0 aliphatic heterocycles. The minimum atomic E-state index is -4.42. The largest absolute Gasteiger partial charge is 0.490 e. The molecule has 0 atom stereocenters. The molecule has 5 nitrogen and oxygen atoms in total. The van der Waals surface area contributed by atoms with Gasteiger partial charge in [0.25, 0.3) is 0 Å². The van der Waals surface area contributed by atoms with Crippen molar-refractivity contribution in [2.24, 2.45) is 0 Å². The number of halogens is 3. The Bertz CT molecular complexity index is 507. The van der Waals surface area contributed by atoms with E-state index in [9.17, 15) is 18.0 Å². The molecule has 8 heteroatoms. The van der Waals surface area contributed by atoms with Crippen molar-refractivity contribution in [3.63, 3.8) is 0 Å². The monoisotopic (exact) mass is 334 g/mol. The van der Waals surface area contributed by atoms with Gasteiger partial charge in [-0.05, 0) is 38.0 Å². The Hall–Kier alpha value is -2.12. The minimum Gasteiger partial charge on any atom is -0.490 e. The molecule has 0 saturated heterocycles. The van der Waals surface area contributed by atoms with Crippen molar-refractivity contribution < 1.29 is 27.4 Å². The summed E-state index contributed by atoms with van der Waals surface area (Å²) in [5.41, 5.74) is 0.882. The van der Waals surface area contributed by atoms with E-state index < -0.39 is 18.8 Å². The molecule has 2 amide bonds. The van der Waals surface area contributed by atoms with Crippen LogP contribution in [0.4, 0.5) is 18.0 Å². The van der Waals surface area contributed by atoms with E-state index in [-0.39, 0.29) is 6.54 Å². The molecule has 0 aliphatic rings. The van der Waals surface area contributed by atoms with Crippen LogP contribution in [-0.4, -0.2) is 38.5 Å². The van der Waals surface area contributed by atoms with E-state index >= 15 is 0 Å². The van der Waals surface area contributed by atoms with Gasteiger partial charge >= 0.3 is 12.2 Å². The van der Waals surface area contributed by atoms with Crippen LogP contribution in [0.25, 0.3) is 0 Å². The van der Waals surface area contributed by atoms with Gasteiger partial charge in [0, 0.05) is 6.54 Å². The molecule has 1 aromatic carbocycles. The van der Waals surface area contributed by atoms with Gasteiger partial charge in [-0.2, -0.15) is 13.2 Å². The van der Waals surface area contributed by atoms with Gasteiger partial charge in [0.05, 0.1) is 13.2 Å². The zero-order valence-corrected chi connectivity index (χ0v) is 13.1. The Labute approximate surface area is 133 Å². The van der Waals surface area contributed by atoms with Gasteiger partial charge in [0.2, 0.25) is 0 Å². The Kier molecular flexibility index (Phi) is 7.50. The van der Waals surface area contributed by atoms with Gasteiger partial charge in [0.1, 0.15) is 6.54 Å². The maximum atomic E-state index is 12.0. The number of carbonyl (C=O) groups excluding carboxylic acids is 1. The van der Waals surface area contributed by atoms with Crippen LogP contribution in [0.2, 0.25) is 0 Å². The van der Waals surface area contributed by atoms with Gasteiger partial charge < -0.3 is 20.1 Å². The third-order valence-corrected chi connectivity index (χ3v) is 2.76. The van der Waals surface area contributed by atoms with E-state index in [1.165, 1.54) is 0 Å². The first-order valence-electron chi connectivity index (χ1n) is 7.32. The first-order chi connectivity index (χ1) is 10.9. The molecule has 0 bridgehead atoms. The normalized spacial score (nSPS) is 11.0. The van der Waals surface area contributed by atoms with Crippen molar-refractivity contribution in [2.45, 2.75) is 26.4 Å². The Morgan fingerprint density at radius 1 is 1.09 bits per heavy atom. The lowest BCUT2D eigenvalue weighted by Gasteiger charge is -2.13. The molecule has 0 saturated carbocycles. The number of benzene rings is 1. The second kappa shape index (κ2) is 9.12. The fourth-order valence-electron chi connectivity index (χ4n) is 1.81. The lowest BCUT2D eigenvalue weighted by molar-refractivity contribution is -0.122. The van der Waals surface area contributed by atoms with Crippen molar-refractivity contribution in [1.82, 2.24) is 10.6 Å². The van der Waals surface area contributed by atoms with E-state index in [1.54, 1.807) is 17.4 Å². The van der Waals surface area contributed by atoms with Gasteiger partial charge in [-0.25, -0.2) is 4.79 Å². The Balaban J connectivity index is 2.48. The predicted molar refractivity (Wildman–Crippen MR) is 79.9 cm³/mol. The number of rotatable bonds is 8. The highest BCUT2D eigenvalue weighted by molar-refractivity contribution is 5.73. The van der Waals surface area contributed by atoms with Crippen molar-refractivity contribution >= 4 is 6.03 Å². The summed E-state index contributed by atoms with van der Waals surface area (Å²) in [6.45, 7) is 3.59. The second-order valence-electron chi connectivity index (χ2n) is 4.62. The Morgan fingerprint density at radius 3 is 2.35 bits per heavy atom. The summed E-state index contributed by atoms with van der Waals surface area (Å²) >= 11 is 0. The second-order valence-corrected chi connectivity index (χ2v) is 4.62. The average Bonchev–Trinajstić information content (AvgIpc) is 2.47. The molecule has 0 fully saturated rings. The first-order valence-corrected chi connectivity index (χ1v) is 7.32. The predicted octanol–water partition coefficient (Wildman–Crippen LogP) is 2.89. The SMILES string of the molecule is CCOc1ccc(CCNC(=O)NCC(F)(F)F)cc1OCC. The van der Waals surface area contributed by atoms with Crippen molar-refractivity contribution in [3.8, 4) is 11.5 Å². The molecule has 1 aromatic rings. The highest BCUT2D eigenvalue weighted by Gasteiger charge is 2.27. The first kappa shape index (κ1) is 18.9. The van der Waals surface area contributed by atoms with E-state index in [0.29, 0.717) is 31.1 Å². The minimum absolute atomic E-state index is 0.212. The molecule has 23 heavy (non-hydrogen) atoms. The zero-order valence-electron chi connectivity index (χ0n) is 13.1. The van der Waals surface area contributed by atoms with Crippen LogP contribution < -0.4 is 20.1 Å². The summed E-state index contributed by atoms with van der Waals surface area (Å²) in [5, 5.41) is 4.12. The fourth-order valence-corrected chi connectivity index (χ4v) is 1.81. The number of nitrogens with one attached hydrogen (secondary N) is 2. The van der Waals surface area contributed by atoms with Crippen molar-refractivity contribution in [2.75, 3.05) is 26.3 Å². The smallest absolute Gasteiger partial charge is 0.405 e. The van der Waals surface area contributed by atoms with Gasteiger partial charge in [-0.15, -0.1) is 0 Å². The fraction of sp³-hybridized carbons (Fsp3) is 0.533. The number of carbonyl (C=O) groups is 1. The molecule has 0 unspecified atom stereocenters. The summed E-state index contributed by atoms with van der Waals surface area (Å²) in [7, 11) is 0. The Morgan fingerprint density at radius 2 is 1.74 bits per heavy atom. The molecule has 0 aliphatic carbocycles. The van der Waals surface area contributed by atoms with Crippen molar-refractivity contribution in [3.05, 3.63) is 23.8 Å². The number of alkyl halides is 3. The van der Waals surface area contributed by atoms with Crippen LogP contribution in [0.3, 0.4) is 0 Å². The summed E-state index contributed by atoms with van der Waals surface area (Å²) in [4.78, 5) is 11.2. The van der Waals surface area contributed by atoms with Crippen molar-refractivity contribution in [1.29, 1.82) is 0 Å². The number of hydrogen-bond acceptors (Lipinski definition) is 3. The number of hydrogen-bond donors (Lipinski definition) is 2. The summed E-state index contributed by atoms with van der Waals surface area (Å²) in [6, 6.07) is 4.54. The third-order valence-electron chi connectivity index (χ3n) is 2.76. The van der Waals surface area contributed by atoms with E-state index in [2.05, 4.69) is 5.32 Å². The van der Waals surface area contributed by atoms with Crippen LogP contribution in [0.15, 0.2) is 18.2 Å². The van der Waals surface area contributed by atoms with Crippen LogP contribution in [0.1, 0.15) is 19.4 Å². The third kappa shape index (κ3) is 7.62. The van der Waals surface area contributed by atoms with Crippen LogP contribution in [-0.2, 0) is 6.42 Å². The molecule has 0 aromatic heterocycles. The van der Waals surface area contributed by atoms with Gasteiger partial charge in [-0.3, -0.25) is 0 Å². The van der Waals surface area contributed by atoms with Crippen LogP contribution in [0, 0.1) is 0 Å². The molecular weight excluding hydrogens is 313 g/mol. The maximum Gasteiger partial charge on any atom is 0.405 e. The highest BCUT2D eigenvalue weighted by atomic mass is 19.4. The zero-order chi connectivity index (χ0) is 17.3. The molecule has 1 rings (SSSR count). The summed E-state index contributed by atoms with van der Waals surface area (Å²) in [6.07, 6.45) is -3.95. The average molecular weight is 334 g/mol. The highest BCUT2D eigenvalue weighted by Crippen LogP contribution is 2.28. The molecule has 0 spiro atoms. The number of urea groups is 1. The standard InChI is InChI=1S/C15H21F3N2O3/c1-3-22-12-6-5-11(9-13(12)23-4-2)7-8-19-14(21)20-10-15(16,17)18/h5-6,9H,3-4,7-8,10H2,1-2H3,(H2,19,20,21). The number of ether oxygens (including phenoxy) is 2. The van der Waals surface area contributed by atoms with Gasteiger partial charge in [0.15, 0.2) is 11.5 Å². The molecule has 130 valence electrons. The van der Waals surface area contributed by atoms with E-state index in [4.69, 9.17) is 9.47 Å². The van der Waals surface area contributed by atoms with E-state index in [0.717, 1.165) is 5.56 Å². The molecule has 0 radical (unpaired) electrons. The maximum absolute atomic E-state index is 12.0. The molecular formula is C15H21F3N2O3. The van der Waals surface area contributed by atoms with Crippen LogP contribution in [0.5, 0.6) is 11.5 Å². The molecule has 2 N–H and O–H groups in total. The summed E-state index contributed by atoms with van der Waals surface area (Å²) in [5.74, 6) is 1.24.